The predicted molar refractivity (Wildman–Crippen MR) is 80.9 cm³/mol. The van der Waals surface area contributed by atoms with Gasteiger partial charge in [0, 0.05) is 5.69 Å². The van der Waals surface area contributed by atoms with Gasteiger partial charge in [-0.3, -0.25) is 14.5 Å². The molecule has 0 bridgehead atoms. The average molecular weight is 273 g/mol. The number of carbonyl (C=O) groups is 2. The molecule has 1 aliphatic rings. The van der Waals surface area contributed by atoms with E-state index in [1.165, 1.54) is 0 Å². The summed E-state index contributed by atoms with van der Waals surface area (Å²) >= 11 is 0. The van der Waals surface area contributed by atoms with Gasteiger partial charge in [0.25, 0.3) is 0 Å². The van der Waals surface area contributed by atoms with Gasteiger partial charge < -0.3 is 0 Å². The molecular formula is C17H23NO2. The number of rotatable bonds is 3. The highest BCUT2D eigenvalue weighted by Gasteiger charge is 2.49. The summed E-state index contributed by atoms with van der Waals surface area (Å²) in [4.78, 5) is 26.4. The highest BCUT2D eigenvalue weighted by atomic mass is 16.2. The SMILES string of the molecule is Cc1ccc(N2C(=O)CC(=O)C2(C)CC(C)C)c(C)c1. The van der Waals surface area contributed by atoms with Gasteiger partial charge in [0.15, 0.2) is 5.78 Å². The van der Waals surface area contributed by atoms with Gasteiger partial charge in [0.05, 0.1) is 6.42 Å². The number of ketones is 1. The summed E-state index contributed by atoms with van der Waals surface area (Å²) in [6.45, 7) is 10.1. The number of hydrogen-bond donors (Lipinski definition) is 0. The van der Waals surface area contributed by atoms with Crippen LogP contribution in [0, 0.1) is 19.8 Å². The Morgan fingerprint density at radius 3 is 2.45 bits per heavy atom. The average Bonchev–Trinajstić information content (AvgIpc) is 2.50. The molecule has 0 aliphatic carbocycles. The van der Waals surface area contributed by atoms with Gasteiger partial charge in [-0.2, -0.15) is 0 Å². The van der Waals surface area contributed by atoms with Gasteiger partial charge in [-0.1, -0.05) is 31.5 Å². The van der Waals surface area contributed by atoms with Crippen molar-refractivity contribution in [2.75, 3.05) is 4.90 Å². The Morgan fingerprint density at radius 2 is 1.90 bits per heavy atom. The Morgan fingerprint density at radius 1 is 1.25 bits per heavy atom. The quantitative estimate of drug-likeness (QED) is 0.791. The molecule has 2 rings (SSSR count). The second-order valence-electron chi connectivity index (χ2n) is 6.49. The van der Waals surface area contributed by atoms with E-state index in [0.717, 1.165) is 16.8 Å². The lowest BCUT2D eigenvalue weighted by molar-refractivity contribution is -0.123. The lowest BCUT2D eigenvalue weighted by Crippen LogP contribution is -2.48. The summed E-state index contributed by atoms with van der Waals surface area (Å²) < 4.78 is 0. The molecule has 3 heteroatoms. The number of Topliss-reactive ketones (excluding diaryl/α,β-unsaturated/α-hetero) is 1. The van der Waals surface area contributed by atoms with E-state index in [1.54, 1.807) is 4.90 Å². The van der Waals surface area contributed by atoms with Crippen molar-refractivity contribution in [2.24, 2.45) is 5.92 Å². The number of nitrogens with zero attached hydrogens (tertiary/aromatic N) is 1. The molecule has 1 aromatic rings. The smallest absolute Gasteiger partial charge is 0.235 e. The monoisotopic (exact) mass is 273 g/mol. The number of carbonyl (C=O) groups excluding carboxylic acids is 2. The van der Waals surface area contributed by atoms with Gasteiger partial charge in [-0.05, 0) is 44.7 Å². The fourth-order valence-electron chi connectivity index (χ4n) is 3.26. The highest BCUT2D eigenvalue weighted by Crippen LogP contribution is 2.38. The van der Waals surface area contributed by atoms with Gasteiger partial charge in [-0.15, -0.1) is 0 Å². The zero-order valence-corrected chi connectivity index (χ0v) is 13.0. The second-order valence-corrected chi connectivity index (χ2v) is 6.49. The highest BCUT2D eigenvalue weighted by molar-refractivity contribution is 6.19. The zero-order chi connectivity index (χ0) is 15.1. The maximum Gasteiger partial charge on any atom is 0.235 e. The summed E-state index contributed by atoms with van der Waals surface area (Å²) in [6.07, 6.45) is 0.724. The minimum atomic E-state index is -0.703. The fourth-order valence-corrected chi connectivity index (χ4v) is 3.26. The van der Waals surface area contributed by atoms with Crippen molar-refractivity contribution in [1.29, 1.82) is 0 Å². The summed E-state index contributed by atoms with van der Waals surface area (Å²) in [6, 6.07) is 6.01. The molecule has 1 saturated heterocycles. The molecule has 3 nitrogen and oxygen atoms in total. The summed E-state index contributed by atoms with van der Waals surface area (Å²) in [5.41, 5.74) is 2.37. The van der Waals surface area contributed by atoms with Crippen LogP contribution in [0.3, 0.4) is 0 Å². The first kappa shape index (κ1) is 14.8. The minimum Gasteiger partial charge on any atom is -0.299 e. The number of amides is 1. The molecule has 1 amide bonds. The Labute approximate surface area is 121 Å². The summed E-state index contributed by atoms with van der Waals surface area (Å²) in [5, 5.41) is 0. The molecule has 108 valence electrons. The van der Waals surface area contributed by atoms with Crippen LogP contribution in [-0.4, -0.2) is 17.2 Å². The molecule has 1 aliphatic heterocycles. The van der Waals surface area contributed by atoms with Gasteiger partial charge in [0.1, 0.15) is 5.54 Å². The first-order chi connectivity index (χ1) is 9.25. The first-order valence-corrected chi connectivity index (χ1v) is 7.19. The third kappa shape index (κ3) is 2.37. The zero-order valence-electron chi connectivity index (χ0n) is 13.0. The van der Waals surface area contributed by atoms with E-state index in [2.05, 4.69) is 19.9 Å². The maximum absolute atomic E-state index is 12.3. The van der Waals surface area contributed by atoms with Gasteiger partial charge in [-0.25, -0.2) is 0 Å². The summed E-state index contributed by atoms with van der Waals surface area (Å²) in [7, 11) is 0. The lowest BCUT2D eigenvalue weighted by Gasteiger charge is -2.36. The molecule has 0 radical (unpaired) electrons. The Balaban J connectivity index is 2.51. The molecule has 20 heavy (non-hydrogen) atoms. The Bertz CT molecular complexity index is 562. The van der Waals surface area contributed by atoms with Crippen LogP contribution in [0.15, 0.2) is 18.2 Å². The molecular weight excluding hydrogens is 250 g/mol. The van der Waals surface area contributed by atoms with E-state index in [-0.39, 0.29) is 18.1 Å². The first-order valence-electron chi connectivity index (χ1n) is 7.19. The molecule has 0 N–H and O–H groups in total. The van der Waals surface area contributed by atoms with Crippen LogP contribution in [0.5, 0.6) is 0 Å². The van der Waals surface area contributed by atoms with Gasteiger partial charge >= 0.3 is 0 Å². The van der Waals surface area contributed by atoms with Crippen molar-refractivity contribution >= 4 is 17.4 Å². The largest absolute Gasteiger partial charge is 0.299 e. The topological polar surface area (TPSA) is 37.4 Å². The van der Waals surface area contributed by atoms with Crippen molar-refractivity contribution in [1.82, 2.24) is 0 Å². The third-order valence-corrected chi connectivity index (χ3v) is 4.05. The minimum absolute atomic E-state index is 0.0243. The Kier molecular flexibility index (Phi) is 3.72. The fraction of sp³-hybridized carbons (Fsp3) is 0.529. The van der Waals surface area contributed by atoms with E-state index >= 15 is 0 Å². The molecule has 1 atom stereocenters. The number of hydrogen-bond acceptors (Lipinski definition) is 2. The molecule has 1 unspecified atom stereocenters. The lowest BCUT2D eigenvalue weighted by atomic mass is 9.86. The van der Waals surface area contributed by atoms with Crippen LogP contribution in [-0.2, 0) is 9.59 Å². The van der Waals surface area contributed by atoms with Crippen LogP contribution < -0.4 is 4.90 Å². The number of aryl methyl sites for hydroxylation is 2. The molecule has 1 heterocycles. The molecule has 0 aromatic heterocycles. The number of benzene rings is 1. The molecule has 1 fully saturated rings. The van der Waals surface area contributed by atoms with E-state index < -0.39 is 5.54 Å². The third-order valence-electron chi connectivity index (χ3n) is 4.05. The van der Waals surface area contributed by atoms with Crippen LogP contribution in [0.1, 0.15) is 44.7 Å². The van der Waals surface area contributed by atoms with E-state index in [9.17, 15) is 9.59 Å². The van der Waals surface area contributed by atoms with Crippen molar-refractivity contribution in [3.05, 3.63) is 29.3 Å². The van der Waals surface area contributed by atoms with Crippen molar-refractivity contribution in [2.45, 2.75) is 53.0 Å². The normalized spacial score (nSPS) is 23.0. The standard InChI is InChI=1S/C17H23NO2/c1-11(2)10-17(5)15(19)9-16(20)18(17)14-7-6-12(3)8-13(14)4/h6-8,11H,9-10H2,1-5H3. The van der Waals surface area contributed by atoms with E-state index in [4.69, 9.17) is 0 Å². The molecule has 1 aromatic carbocycles. The van der Waals surface area contributed by atoms with Crippen molar-refractivity contribution in [3.8, 4) is 0 Å². The number of anilines is 1. The molecule has 0 saturated carbocycles. The maximum atomic E-state index is 12.3. The van der Waals surface area contributed by atoms with E-state index in [0.29, 0.717) is 12.3 Å². The van der Waals surface area contributed by atoms with Gasteiger partial charge in [0.2, 0.25) is 5.91 Å². The Hall–Kier alpha value is -1.64. The van der Waals surface area contributed by atoms with Crippen LogP contribution in [0.4, 0.5) is 5.69 Å². The predicted octanol–water partition coefficient (Wildman–Crippen LogP) is 3.41. The van der Waals surface area contributed by atoms with Crippen molar-refractivity contribution in [3.63, 3.8) is 0 Å². The van der Waals surface area contributed by atoms with Crippen LogP contribution in [0.25, 0.3) is 0 Å². The molecule has 0 spiro atoms. The van der Waals surface area contributed by atoms with Crippen molar-refractivity contribution < 1.29 is 9.59 Å². The summed E-state index contributed by atoms with van der Waals surface area (Å²) in [5.74, 6) is 0.324. The van der Waals surface area contributed by atoms with Crippen LogP contribution >= 0.6 is 0 Å². The second kappa shape index (κ2) is 5.04. The van der Waals surface area contributed by atoms with Crippen LogP contribution in [0.2, 0.25) is 0 Å². The van der Waals surface area contributed by atoms with E-state index in [1.807, 2.05) is 32.9 Å².